The number of hydrogen-bond donors (Lipinski definition) is 2. The predicted molar refractivity (Wildman–Crippen MR) is 164 cm³/mol. The molecule has 4 aromatic rings. The van der Waals surface area contributed by atoms with E-state index in [1.165, 1.54) is 0 Å². The number of nitrogens with one attached hydrogen (secondary N) is 1. The number of pyridine rings is 1. The fraction of sp³-hybridized carbons (Fsp3) is 0.469. The van der Waals surface area contributed by atoms with Gasteiger partial charge in [-0.05, 0) is 62.1 Å². The molecule has 4 atom stereocenters. The maximum absolute atomic E-state index is 16.8. The van der Waals surface area contributed by atoms with Gasteiger partial charge in [0.15, 0.2) is 5.82 Å². The van der Waals surface area contributed by atoms with Crippen molar-refractivity contribution in [3.8, 4) is 23.0 Å². The van der Waals surface area contributed by atoms with E-state index in [4.69, 9.17) is 9.72 Å². The molecule has 0 radical (unpaired) electrons. The molecule has 4 aliphatic heterocycles. The summed E-state index contributed by atoms with van der Waals surface area (Å²) >= 11 is 1.56. The lowest BCUT2D eigenvalue weighted by Gasteiger charge is -2.34. The number of halogens is 2. The van der Waals surface area contributed by atoms with Gasteiger partial charge in [-0.2, -0.15) is 9.97 Å². The van der Waals surface area contributed by atoms with Crippen molar-refractivity contribution in [3.05, 3.63) is 42.3 Å². The standard InChI is InChI=1S/C32H34F2N6O2S/c1-43-25-5-2-4-18-10-22(41)11-23(26(18)25)28-27(34)29-24(13-35-28)30(39-15-20-6-7-21(16-39)36-20)38-31(37-29)42-17-32-8-3-9-40(32)14-19(33)12-32/h2,4-5,10-11,13,19-21,36,41H,3,6-9,12,14-17H2,1H3/t19-,20?,21?,32+/m1/s1. The maximum Gasteiger partial charge on any atom is 0.319 e. The lowest BCUT2D eigenvalue weighted by Crippen LogP contribution is -2.51. The van der Waals surface area contributed by atoms with Crippen molar-refractivity contribution >= 4 is 39.3 Å². The van der Waals surface area contributed by atoms with E-state index < -0.39 is 12.0 Å². The Bertz CT molecular complexity index is 1730. The number of piperazine rings is 1. The molecule has 4 saturated heterocycles. The molecule has 2 N–H and O–H groups in total. The number of phenols is 1. The molecule has 2 aromatic carbocycles. The normalized spacial score (nSPS) is 27.0. The molecule has 4 fully saturated rings. The summed E-state index contributed by atoms with van der Waals surface area (Å²) in [5.74, 6) is 0.0589. The zero-order valence-corrected chi connectivity index (χ0v) is 24.8. The first kappa shape index (κ1) is 27.3. The number of anilines is 1. The highest BCUT2D eigenvalue weighted by Crippen LogP contribution is 2.42. The Kier molecular flexibility index (Phi) is 6.61. The molecule has 0 spiro atoms. The van der Waals surface area contributed by atoms with Crippen molar-refractivity contribution in [3.63, 3.8) is 0 Å². The van der Waals surface area contributed by atoms with Crippen LogP contribution in [0.3, 0.4) is 0 Å². The van der Waals surface area contributed by atoms with Crippen LogP contribution in [0.2, 0.25) is 0 Å². The SMILES string of the molecule is CSc1cccc2cc(O)cc(-c3ncc4c(N5CC6CCC(C5)N6)nc(OC[C@@]56CCCN5C[C@H](F)C6)nc4c3F)c12. The summed E-state index contributed by atoms with van der Waals surface area (Å²) in [5, 5.41) is 16.4. The molecular formula is C32H34F2N6O2S. The minimum absolute atomic E-state index is 0.0360. The van der Waals surface area contributed by atoms with Crippen LogP contribution in [0.5, 0.6) is 11.8 Å². The molecule has 0 aliphatic carbocycles. The fourth-order valence-electron chi connectivity index (χ4n) is 7.87. The van der Waals surface area contributed by atoms with Crippen LogP contribution < -0.4 is 15.0 Å². The van der Waals surface area contributed by atoms with Gasteiger partial charge in [0.25, 0.3) is 0 Å². The first-order valence-electron chi connectivity index (χ1n) is 15.1. The summed E-state index contributed by atoms with van der Waals surface area (Å²) in [5.41, 5.74) is 0.373. The van der Waals surface area contributed by atoms with Crippen LogP contribution in [-0.4, -0.2) is 87.8 Å². The first-order valence-corrected chi connectivity index (χ1v) is 16.3. The van der Waals surface area contributed by atoms with Gasteiger partial charge in [0.05, 0.1) is 10.9 Å². The Balaban J connectivity index is 1.26. The van der Waals surface area contributed by atoms with Crippen LogP contribution in [-0.2, 0) is 0 Å². The number of nitrogens with zero attached hydrogens (tertiary/aromatic N) is 5. The Hall–Kier alpha value is -3.28. The largest absolute Gasteiger partial charge is 0.508 e. The van der Waals surface area contributed by atoms with Crippen molar-refractivity contribution in [2.45, 2.75) is 60.8 Å². The van der Waals surface area contributed by atoms with Gasteiger partial charge in [0.1, 0.15) is 35.6 Å². The first-order chi connectivity index (χ1) is 20.9. The van der Waals surface area contributed by atoms with Gasteiger partial charge in [-0.3, -0.25) is 9.88 Å². The summed E-state index contributed by atoms with van der Waals surface area (Å²) in [6.45, 7) is 3.05. The van der Waals surface area contributed by atoms with Gasteiger partial charge in [-0.15, -0.1) is 11.8 Å². The summed E-state index contributed by atoms with van der Waals surface area (Å²) in [6.07, 6.45) is 7.23. The van der Waals surface area contributed by atoms with Gasteiger partial charge in [-0.25, -0.2) is 8.78 Å². The van der Waals surface area contributed by atoms with E-state index in [0.717, 1.165) is 61.0 Å². The lowest BCUT2D eigenvalue weighted by molar-refractivity contribution is 0.107. The molecule has 11 heteroatoms. The maximum atomic E-state index is 16.8. The van der Waals surface area contributed by atoms with Gasteiger partial charge < -0.3 is 20.1 Å². The van der Waals surface area contributed by atoms with E-state index in [2.05, 4.69) is 25.1 Å². The molecule has 2 aromatic heterocycles. The third-order valence-electron chi connectivity index (χ3n) is 9.79. The topological polar surface area (TPSA) is 86.6 Å². The molecule has 4 aliphatic rings. The number of fused-ring (bicyclic) bond motifs is 5. The highest BCUT2D eigenvalue weighted by atomic mass is 32.2. The second-order valence-electron chi connectivity index (χ2n) is 12.5. The summed E-state index contributed by atoms with van der Waals surface area (Å²) < 4.78 is 37.5. The number of aromatic nitrogens is 3. The predicted octanol–water partition coefficient (Wildman–Crippen LogP) is 5.31. The summed E-state index contributed by atoms with van der Waals surface area (Å²) in [6, 6.07) is 9.84. The molecular weight excluding hydrogens is 570 g/mol. The van der Waals surface area contributed by atoms with Crippen LogP contribution in [0.15, 0.2) is 41.4 Å². The highest BCUT2D eigenvalue weighted by molar-refractivity contribution is 7.98. The van der Waals surface area contributed by atoms with Crippen LogP contribution in [0.1, 0.15) is 32.1 Å². The number of rotatable bonds is 6. The minimum atomic E-state index is -0.873. The average Bonchev–Trinajstić information content (AvgIpc) is 3.65. The van der Waals surface area contributed by atoms with Crippen molar-refractivity contribution < 1.29 is 18.6 Å². The van der Waals surface area contributed by atoms with Crippen molar-refractivity contribution in [1.82, 2.24) is 25.2 Å². The molecule has 8 rings (SSSR count). The number of thioether (sulfide) groups is 1. The Morgan fingerprint density at radius 2 is 2.00 bits per heavy atom. The number of alkyl halides is 1. The second kappa shape index (κ2) is 10.4. The van der Waals surface area contributed by atoms with Crippen LogP contribution in [0.25, 0.3) is 32.9 Å². The number of phenolic OH excluding ortho intramolecular Hbond substituents is 1. The van der Waals surface area contributed by atoms with Crippen LogP contribution >= 0.6 is 11.8 Å². The molecule has 2 bridgehead atoms. The number of ether oxygens (including phenoxy) is 1. The van der Waals surface area contributed by atoms with E-state index in [0.29, 0.717) is 41.8 Å². The van der Waals surface area contributed by atoms with Crippen molar-refractivity contribution in [1.29, 1.82) is 0 Å². The quantitative estimate of drug-likeness (QED) is 0.285. The molecule has 6 heterocycles. The van der Waals surface area contributed by atoms with Gasteiger partial charge in [-0.1, -0.05) is 12.1 Å². The van der Waals surface area contributed by atoms with E-state index in [1.54, 1.807) is 30.1 Å². The molecule has 0 saturated carbocycles. The average molecular weight is 605 g/mol. The Labute approximate surface area is 252 Å². The summed E-state index contributed by atoms with van der Waals surface area (Å²) in [4.78, 5) is 19.5. The third kappa shape index (κ3) is 4.58. The van der Waals surface area contributed by atoms with E-state index in [1.807, 2.05) is 24.5 Å². The van der Waals surface area contributed by atoms with Crippen LogP contribution in [0.4, 0.5) is 14.6 Å². The summed E-state index contributed by atoms with van der Waals surface area (Å²) in [7, 11) is 0. The van der Waals surface area contributed by atoms with Crippen LogP contribution in [0, 0.1) is 5.82 Å². The minimum Gasteiger partial charge on any atom is -0.508 e. The Morgan fingerprint density at radius 3 is 2.81 bits per heavy atom. The lowest BCUT2D eigenvalue weighted by atomic mass is 9.95. The van der Waals surface area contributed by atoms with Gasteiger partial charge in [0.2, 0.25) is 0 Å². The number of aromatic hydroxyl groups is 1. The zero-order chi connectivity index (χ0) is 29.3. The Morgan fingerprint density at radius 1 is 1.16 bits per heavy atom. The third-order valence-corrected chi connectivity index (χ3v) is 10.6. The van der Waals surface area contributed by atoms with Crippen molar-refractivity contribution in [2.75, 3.05) is 43.9 Å². The fourth-order valence-corrected chi connectivity index (χ4v) is 8.51. The zero-order valence-electron chi connectivity index (χ0n) is 24.0. The monoisotopic (exact) mass is 604 g/mol. The molecule has 43 heavy (non-hydrogen) atoms. The second-order valence-corrected chi connectivity index (χ2v) is 13.3. The van der Waals surface area contributed by atoms with E-state index >= 15 is 4.39 Å². The number of hydrogen-bond acceptors (Lipinski definition) is 9. The van der Waals surface area contributed by atoms with Crippen molar-refractivity contribution in [2.24, 2.45) is 0 Å². The van der Waals surface area contributed by atoms with E-state index in [-0.39, 0.29) is 35.1 Å². The van der Waals surface area contributed by atoms with E-state index in [9.17, 15) is 9.50 Å². The van der Waals surface area contributed by atoms with Gasteiger partial charge >= 0.3 is 6.01 Å². The molecule has 8 nitrogen and oxygen atoms in total. The number of benzene rings is 2. The molecule has 0 amide bonds. The smallest absolute Gasteiger partial charge is 0.319 e. The molecule has 224 valence electrons. The van der Waals surface area contributed by atoms with Gasteiger partial charge in [0, 0.05) is 60.2 Å². The molecule has 2 unspecified atom stereocenters. The highest BCUT2D eigenvalue weighted by Gasteiger charge is 2.49.